The highest BCUT2D eigenvalue weighted by molar-refractivity contribution is 5.47. The van der Waals surface area contributed by atoms with Gasteiger partial charge in [0.05, 0.1) is 6.61 Å². The van der Waals surface area contributed by atoms with Gasteiger partial charge in [0.25, 0.3) is 0 Å². The summed E-state index contributed by atoms with van der Waals surface area (Å²) in [5.41, 5.74) is 8.55. The van der Waals surface area contributed by atoms with Crippen molar-refractivity contribution in [2.24, 2.45) is 5.73 Å². The van der Waals surface area contributed by atoms with Gasteiger partial charge < -0.3 is 15.2 Å². The number of pyridine rings is 1. The first-order chi connectivity index (χ1) is 10.3. The van der Waals surface area contributed by atoms with E-state index in [0.717, 1.165) is 22.7 Å². The van der Waals surface area contributed by atoms with Gasteiger partial charge in [-0.1, -0.05) is 18.2 Å². The second kappa shape index (κ2) is 5.95. The summed E-state index contributed by atoms with van der Waals surface area (Å²) in [6.45, 7) is 0.907. The van der Waals surface area contributed by atoms with E-state index in [0.29, 0.717) is 19.0 Å². The molecule has 2 aromatic heterocycles. The van der Waals surface area contributed by atoms with Crippen molar-refractivity contribution in [3.8, 4) is 11.6 Å². The van der Waals surface area contributed by atoms with E-state index in [1.54, 1.807) is 7.11 Å². The quantitative estimate of drug-likeness (QED) is 0.782. The molecule has 1 aromatic carbocycles. The average Bonchev–Trinajstić information content (AvgIpc) is 2.85. The van der Waals surface area contributed by atoms with E-state index in [4.69, 9.17) is 15.2 Å². The highest BCUT2D eigenvalue weighted by Gasteiger charge is 2.12. The molecular formula is C16H17N3O2. The zero-order chi connectivity index (χ0) is 14.7. The second-order valence-electron chi connectivity index (χ2n) is 4.68. The maximum Gasteiger partial charge on any atom is 0.242 e. The summed E-state index contributed by atoms with van der Waals surface area (Å²) in [5.74, 6) is 1.26. The van der Waals surface area contributed by atoms with Gasteiger partial charge in [-0.05, 0) is 29.8 Å². The van der Waals surface area contributed by atoms with Gasteiger partial charge in [-0.3, -0.25) is 4.40 Å². The fourth-order valence-electron chi connectivity index (χ4n) is 2.27. The van der Waals surface area contributed by atoms with E-state index in [9.17, 15) is 0 Å². The fourth-order valence-corrected chi connectivity index (χ4v) is 2.27. The van der Waals surface area contributed by atoms with Crippen molar-refractivity contribution < 1.29 is 9.47 Å². The molecule has 2 heterocycles. The van der Waals surface area contributed by atoms with Crippen molar-refractivity contribution in [2.75, 3.05) is 7.11 Å². The summed E-state index contributed by atoms with van der Waals surface area (Å²) < 4.78 is 13.0. The maximum atomic E-state index is 5.90. The van der Waals surface area contributed by atoms with Gasteiger partial charge in [0, 0.05) is 19.9 Å². The Labute approximate surface area is 122 Å². The third-order valence-electron chi connectivity index (χ3n) is 3.21. The topological polar surface area (TPSA) is 61.8 Å². The van der Waals surface area contributed by atoms with Crippen LogP contribution >= 0.6 is 0 Å². The van der Waals surface area contributed by atoms with Gasteiger partial charge >= 0.3 is 0 Å². The molecular weight excluding hydrogens is 266 g/mol. The van der Waals surface area contributed by atoms with Crippen LogP contribution in [0, 0.1) is 0 Å². The first-order valence-corrected chi connectivity index (χ1v) is 6.73. The smallest absolute Gasteiger partial charge is 0.242 e. The van der Waals surface area contributed by atoms with E-state index in [2.05, 4.69) is 4.98 Å². The average molecular weight is 283 g/mol. The van der Waals surface area contributed by atoms with E-state index in [-0.39, 0.29) is 0 Å². The van der Waals surface area contributed by atoms with Gasteiger partial charge in [0.1, 0.15) is 17.1 Å². The normalized spacial score (nSPS) is 11.0. The Hall–Kier alpha value is -2.37. The number of nitrogens with two attached hydrogens (primary N) is 1. The lowest BCUT2D eigenvalue weighted by molar-refractivity contribution is 0.184. The van der Waals surface area contributed by atoms with Crippen LogP contribution in [0.5, 0.6) is 11.6 Å². The highest BCUT2D eigenvalue weighted by atomic mass is 16.5. The first kappa shape index (κ1) is 13.6. The van der Waals surface area contributed by atoms with Gasteiger partial charge in [0.2, 0.25) is 5.88 Å². The van der Waals surface area contributed by atoms with E-state index in [1.165, 1.54) is 0 Å². The number of hydrogen-bond acceptors (Lipinski definition) is 4. The van der Waals surface area contributed by atoms with E-state index >= 15 is 0 Å². The van der Waals surface area contributed by atoms with Crippen LogP contribution in [-0.2, 0) is 17.9 Å². The summed E-state index contributed by atoms with van der Waals surface area (Å²) in [6.07, 6.45) is 1.93. The number of ether oxygens (including phenoxy) is 2. The van der Waals surface area contributed by atoms with Crippen LogP contribution in [0.3, 0.4) is 0 Å². The van der Waals surface area contributed by atoms with Gasteiger partial charge in [-0.15, -0.1) is 0 Å². The summed E-state index contributed by atoms with van der Waals surface area (Å²) in [5, 5.41) is 0. The molecule has 0 atom stereocenters. The molecule has 3 rings (SSSR count). The Morgan fingerprint density at radius 2 is 2.10 bits per heavy atom. The highest BCUT2D eigenvalue weighted by Crippen LogP contribution is 2.26. The predicted molar refractivity (Wildman–Crippen MR) is 80.3 cm³/mol. The molecule has 3 aromatic rings. The zero-order valence-electron chi connectivity index (χ0n) is 11.8. The zero-order valence-corrected chi connectivity index (χ0v) is 11.8. The molecule has 0 aliphatic heterocycles. The third-order valence-corrected chi connectivity index (χ3v) is 3.21. The van der Waals surface area contributed by atoms with Crippen LogP contribution < -0.4 is 10.5 Å². The van der Waals surface area contributed by atoms with Crippen LogP contribution in [0.15, 0.2) is 48.7 Å². The van der Waals surface area contributed by atoms with Crippen molar-refractivity contribution in [3.63, 3.8) is 0 Å². The maximum absolute atomic E-state index is 5.90. The Balaban J connectivity index is 1.96. The van der Waals surface area contributed by atoms with Crippen molar-refractivity contribution in [1.29, 1.82) is 0 Å². The number of hydrogen-bond donors (Lipinski definition) is 1. The standard InChI is InChI=1S/C16H17N3O2/c1-20-11-12-5-4-6-13(9-12)21-16-14(10-17)19-8-3-2-7-15(19)18-16/h2-9H,10-11,17H2,1H3. The number of benzene rings is 1. The van der Waals surface area contributed by atoms with Gasteiger partial charge in [-0.25, -0.2) is 0 Å². The number of methoxy groups -OCH3 is 1. The molecule has 0 amide bonds. The minimum absolute atomic E-state index is 0.359. The minimum Gasteiger partial charge on any atom is -0.437 e. The van der Waals surface area contributed by atoms with Gasteiger partial charge in [0.15, 0.2) is 0 Å². The fraction of sp³-hybridized carbons (Fsp3) is 0.188. The van der Waals surface area contributed by atoms with Gasteiger partial charge in [-0.2, -0.15) is 4.98 Å². The molecule has 0 fully saturated rings. The predicted octanol–water partition coefficient (Wildman–Crippen LogP) is 2.73. The second-order valence-corrected chi connectivity index (χ2v) is 4.68. The molecule has 108 valence electrons. The SMILES string of the molecule is COCc1cccc(Oc2nc3ccccn3c2CN)c1. The van der Waals surface area contributed by atoms with Crippen molar-refractivity contribution in [3.05, 3.63) is 59.9 Å². The molecule has 0 saturated carbocycles. The lowest BCUT2D eigenvalue weighted by Crippen LogP contribution is -2.02. The molecule has 2 N–H and O–H groups in total. The van der Waals surface area contributed by atoms with Crippen LogP contribution in [0.4, 0.5) is 0 Å². The largest absolute Gasteiger partial charge is 0.437 e. The number of fused-ring (bicyclic) bond motifs is 1. The Morgan fingerprint density at radius 1 is 1.19 bits per heavy atom. The van der Waals surface area contributed by atoms with Crippen LogP contribution in [0.25, 0.3) is 5.65 Å². The van der Waals surface area contributed by atoms with Crippen molar-refractivity contribution >= 4 is 5.65 Å². The van der Waals surface area contributed by atoms with Crippen molar-refractivity contribution in [2.45, 2.75) is 13.2 Å². The Bertz CT molecular complexity index is 752. The molecule has 0 aliphatic rings. The van der Waals surface area contributed by atoms with E-state index < -0.39 is 0 Å². The summed E-state index contributed by atoms with van der Waals surface area (Å²) in [6, 6.07) is 13.6. The van der Waals surface area contributed by atoms with Crippen molar-refractivity contribution in [1.82, 2.24) is 9.38 Å². The lowest BCUT2D eigenvalue weighted by atomic mass is 10.2. The third kappa shape index (κ3) is 2.74. The number of nitrogens with zero attached hydrogens (tertiary/aromatic N) is 2. The lowest BCUT2D eigenvalue weighted by Gasteiger charge is -2.06. The van der Waals surface area contributed by atoms with Crippen LogP contribution in [-0.4, -0.2) is 16.5 Å². The molecule has 0 radical (unpaired) electrons. The Kier molecular flexibility index (Phi) is 3.85. The molecule has 0 unspecified atom stereocenters. The summed E-state index contributed by atoms with van der Waals surface area (Å²) in [4.78, 5) is 4.48. The molecule has 21 heavy (non-hydrogen) atoms. The molecule has 0 bridgehead atoms. The number of rotatable bonds is 5. The number of imidazole rings is 1. The molecule has 5 nitrogen and oxygen atoms in total. The number of aromatic nitrogens is 2. The summed E-state index contributed by atoms with van der Waals surface area (Å²) >= 11 is 0. The molecule has 5 heteroatoms. The monoisotopic (exact) mass is 283 g/mol. The molecule has 0 aliphatic carbocycles. The van der Waals surface area contributed by atoms with E-state index in [1.807, 2.05) is 53.1 Å². The van der Waals surface area contributed by atoms with Crippen LogP contribution in [0.2, 0.25) is 0 Å². The first-order valence-electron chi connectivity index (χ1n) is 6.73. The molecule has 0 saturated heterocycles. The Morgan fingerprint density at radius 3 is 2.90 bits per heavy atom. The summed E-state index contributed by atoms with van der Waals surface area (Å²) in [7, 11) is 1.67. The van der Waals surface area contributed by atoms with Crippen LogP contribution in [0.1, 0.15) is 11.3 Å². The molecule has 0 spiro atoms. The minimum atomic E-state index is 0.359.